The second-order valence-electron chi connectivity index (χ2n) is 3.98. The zero-order valence-corrected chi connectivity index (χ0v) is 10.00. The van der Waals surface area contributed by atoms with Crippen molar-refractivity contribution in [1.29, 1.82) is 5.26 Å². The molecule has 0 heterocycles. The van der Waals surface area contributed by atoms with Gasteiger partial charge >= 0.3 is 0 Å². The van der Waals surface area contributed by atoms with E-state index in [-0.39, 0.29) is 0 Å². The lowest BCUT2D eigenvalue weighted by Crippen LogP contribution is -1.90. The molecule has 0 aromatic heterocycles. The van der Waals surface area contributed by atoms with Gasteiger partial charge in [-0.05, 0) is 48.9 Å². The molecule has 2 rings (SSSR count). The molecule has 1 atom stereocenters. The zero-order chi connectivity index (χ0) is 13.0. The maximum atomic E-state index is 9.39. The number of ether oxygens (including phenoxy) is 1. The Bertz CT molecular complexity index is 551. The highest BCUT2D eigenvalue weighted by atomic mass is 16.5. The Morgan fingerprint density at radius 1 is 1.00 bits per heavy atom. The fourth-order valence-corrected chi connectivity index (χ4v) is 1.55. The van der Waals surface area contributed by atoms with Crippen LogP contribution in [0, 0.1) is 11.3 Å². The van der Waals surface area contributed by atoms with Gasteiger partial charge in [0, 0.05) is 0 Å². The van der Waals surface area contributed by atoms with Crippen molar-refractivity contribution in [2.24, 2.45) is 0 Å². The molecule has 1 unspecified atom stereocenters. The van der Waals surface area contributed by atoms with Crippen LogP contribution < -0.4 is 4.74 Å². The highest BCUT2D eigenvalue weighted by Crippen LogP contribution is 2.23. The van der Waals surface area contributed by atoms with Crippen molar-refractivity contribution in [2.45, 2.75) is 13.0 Å². The summed E-state index contributed by atoms with van der Waals surface area (Å²) in [6.07, 6.45) is -0.478. The first-order chi connectivity index (χ1) is 8.69. The highest BCUT2D eigenvalue weighted by molar-refractivity contribution is 5.38. The summed E-state index contributed by atoms with van der Waals surface area (Å²) in [6, 6.07) is 16.2. The lowest BCUT2D eigenvalue weighted by Gasteiger charge is -2.08. The number of nitrogens with zero attached hydrogens (tertiary/aromatic N) is 1. The molecular formula is C15H13NO2. The van der Waals surface area contributed by atoms with E-state index >= 15 is 0 Å². The quantitative estimate of drug-likeness (QED) is 0.893. The number of aliphatic hydroxyl groups is 1. The lowest BCUT2D eigenvalue weighted by molar-refractivity contribution is 0.199. The molecule has 3 heteroatoms. The van der Waals surface area contributed by atoms with E-state index in [2.05, 4.69) is 6.07 Å². The van der Waals surface area contributed by atoms with Gasteiger partial charge in [-0.3, -0.25) is 0 Å². The van der Waals surface area contributed by atoms with Crippen LogP contribution in [0.1, 0.15) is 24.2 Å². The third-order valence-electron chi connectivity index (χ3n) is 2.58. The standard InChI is InChI=1S/C15H13NO2/c1-11(17)13-4-8-15(9-5-13)18-14-6-2-12(10-16)3-7-14/h2-9,11,17H,1H3. The van der Waals surface area contributed by atoms with Crippen LogP contribution in [-0.4, -0.2) is 5.11 Å². The first-order valence-electron chi connectivity index (χ1n) is 5.65. The second kappa shape index (κ2) is 5.35. The lowest BCUT2D eigenvalue weighted by atomic mass is 10.1. The molecule has 0 spiro atoms. The zero-order valence-electron chi connectivity index (χ0n) is 10.00. The Morgan fingerprint density at radius 3 is 1.94 bits per heavy atom. The third-order valence-corrected chi connectivity index (χ3v) is 2.58. The van der Waals surface area contributed by atoms with Crippen molar-refractivity contribution in [3.63, 3.8) is 0 Å². The van der Waals surface area contributed by atoms with Gasteiger partial charge in [-0.2, -0.15) is 5.26 Å². The summed E-state index contributed by atoms with van der Waals surface area (Å²) in [6.45, 7) is 1.72. The van der Waals surface area contributed by atoms with Crippen molar-refractivity contribution in [3.05, 3.63) is 59.7 Å². The van der Waals surface area contributed by atoms with E-state index in [4.69, 9.17) is 10.00 Å². The van der Waals surface area contributed by atoms with E-state index < -0.39 is 6.10 Å². The van der Waals surface area contributed by atoms with Gasteiger partial charge in [0.05, 0.1) is 17.7 Å². The van der Waals surface area contributed by atoms with Crippen molar-refractivity contribution in [1.82, 2.24) is 0 Å². The van der Waals surface area contributed by atoms with Gasteiger partial charge in [-0.15, -0.1) is 0 Å². The molecule has 2 aromatic rings. The molecule has 3 nitrogen and oxygen atoms in total. The van der Waals surface area contributed by atoms with Crippen LogP contribution in [0.2, 0.25) is 0 Å². The molecule has 0 aliphatic heterocycles. The third kappa shape index (κ3) is 2.88. The summed E-state index contributed by atoms with van der Waals surface area (Å²) < 4.78 is 5.62. The largest absolute Gasteiger partial charge is 0.457 e. The minimum Gasteiger partial charge on any atom is -0.457 e. The molecule has 0 fully saturated rings. The fraction of sp³-hybridized carbons (Fsp3) is 0.133. The summed E-state index contributed by atoms with van der Waals surface area (Å²) in [5, 5.41) is 18.1. The Balaban J connectivity index is 2.11. The number of benzene rings is 2. The number of nitriles is 1. The molecule has 2 aromatic carbocycles. The van der Waals surface area contributed by atoms with Crippen LogP contribution in [0.3, 0.4) is 0 Å². The SMILES string of the molecule is CC(O)c1ccc(Oc2ccc(C#N)cc2)cc1. The molecule has 0 saturated carbocycles. The summed E-state index contributed by atoms with van der Waals surface area (Å²) in [4.78, 5) is 0. The van der Waals surface area contributed by atoms with Gasteiger partial charge < -0.3 is 9.84 Å². The van der Waals surface area contributed by atoms with Crippen LogP contribution in [0.4, 0.5) is 0 Å². The monoisotopic (exact) mass is 239 g/mol. The molecule has 0 aliphatic rings. The average Bonchev–Trinajstić information content (AvgIpc) is 2.40. The molecule has 0 bridgehead atoms. The Morgan fingerprint density at radius 2 is 1.50 bits per heavy atom. The molecule has 0 saturated heterocycles. The molecule has 1 N–H and O–H groups in total. The predicted molar refractivity (Wildman–Crippen MR) is 68.3 cm³/mol. The normalized spacial score (nSPS) is 11.6. The molecule has 90 valence electrons. The highest BCUT2D eigenvalue weighted by Gasteiger charge is 2.01. The van der Waals surface area contributed by atoms with Crippen LogP contribution >= 0.6 is 0 Å². The van der Waals surface area contributed by atoms with Crippen molar-refractivity contribution >= 4 is 0 Å². The minimum atomic E-state index is -0.478. The van der Waals surface area contributed by atoms with E-state index in [0.717, 1.165) is 5.56 Å². The number of hydrogen-bond acceptors (Lipinski definition) is 3. The van der Waals surface area contributed by atoms with E-state index in [1.807, 2.05) is 12.1 Å². The Kier molecular flexibility index (Phi) is 3.61. The average molecular weight is 239 g/mol. The fourth-order valence-electron chi connectivity index (χ4n) is 1.55. The smallest absolute Gasteiger partial charge is 0.127 e. The van der Waals surface area contributed by atoms with Crippen LogP contribution in [0.25, 0.3) is 0 Å². The molecule has 0 radical (unpaired) electrons. The van der Waals surface area contributed by atoms with Crippen LogP contribution in [-0.2, 0) is 0 Å². The van der Waals surface area contributed by atoms with E-state index in [1.165, 1.54) is 0 Å². The first kappa shape index (κ1) is 12.2. The Hall–Kier alpha value is -2.31. The van der Waals surface area contributed by atoms with E-state index in [9.17, 15) is 5.11 Å². The summed E-state index contributed by atoms with van der Waals surface area (Å²) in [5.41, 5.74) is 1.45. The number of aliphatic hydroxyl groups excluding tert-OH is 1. The van der Waals surface area contributed by atoms with Gasteiger partial charge in [-0.25, -0.2) is 0 Å². The van der Waals surface area contributed by atoms with Gasteiger partial charge in [0.25, 0.3) is 0 Å². The maximum Gasteiger partial charge on any atom is 0.127 e. The predicted octanol–water partition coefficient (Wildman–Crippen LogP) is 3.40. The molecule has 0 aliphatic carbocycles. The van der Waals surface area contributed by atoms with E-state index in [0.29, 0.717) is 17.1 Å². The first-order valence-corrected chi connectivity index (χ1v) is 5.65. The molecular weight excluding hydrogens is 226 g/mol. The molecule has 0 amide bonds. The van der Waals surface area contributed by atoms with E-state index in [1.54, 1.807) is 43.3 Å². The number of rotatable bonds is 3. The summed E-state index contributed by atoms with van der Waals surface area (Å²) in [7, 11) is 0. The topological polar surface area (TPSA) is 53.2 Å². The van der Waals surface area contributed by atoms with Gasteiger partial charge in [0.2, 0.25) is 0 Å². The summed E-state index contributed by atoms with van der Waals surface area (Å²) in [5.74, 6) is 1.38. The maximum absolute atomic E-state index is 9.39. The van der Waals surface area contributed by atoms with Crippen LogP contribution in [0.15, 0.2) is 48.5 Å². The number of hydrogen-bond donors (Lipinski definition) is 1. The summed E-state index contributed by atoms with van der Waals surface area (Å²) >= 11 is 0. The van der Waals surface area contributed by atoms with Crippen molar-refractivity contribution in [2.75, 3.05) is 0 Å². The second-order valence-corrected chi connectivity index (χ2v) is 3.98. The van der Waals surface area contributed by atoms with Gasteiger partial charge in [-0.1, -0.05) is 12.1 Å². The van der Waals surface area contributed by atoms with Crippen LogP contribution in [0.5, 0.6) is 11.5 Å². The van der Waals surface area contributed by atoms with Gasteiger partial charge in [0.15, 0.2) is 0 Å². The van der Waals surface area contributed by atoms with Crippen molar-refractivity contribution in [3.8, 4) is 17.6 Å². The molecule has 18 heavy (non-hydrogen) atoms. The van der Waals surface area contributed by atoms with Crippen molar-refractivity contribution < 1.29 is 9.84 Å². The Labute approximate surface area is 106 Å². The van der Waals surface area contributed by atoms with Gasteiger partial charge in [0.1, 0.15) is 11.5 Å². The minimum absolute atomic E-state index is 0.478.